The molecule has 0 bridgehead atoms. The van der Waals surface area contributed by atoms with Crippen LogP contribution in [0.3, 0.4) is 0 Å². The maximum Gasteiger partial charge on any atom is 0.232 e. The Bertz CT molecular complexity index is 970. The van der Waals surface area contributed by atoms with Gasteiger partial charge in [0.1, 0.15) is 11.3 Å². The van der Waals surface area contributed by atoms with Crippen LogP contribution in [0.1, 0.15) is 37.7 Å². The highest BCUT2D eigenvalue weighted by molar-refractivity contribution is 7.23. The van der Waals surface area contributed by atoms with Crippen molar-refractivity contribution in [2.75, 3.05) is 12.0 Å². The van der Waals surface area contributed by atoms with E-state index in [1.165, 1.54) is 17.8 Å². The minimum Gasteiger partial charge on any atom is -0.494 e. The zero-order valence-electron chi connectivity index (χ0n) is 15.7. The number of pyridine rings is 1. The Hall–Kier alpha value is -2.18. The first kappa shape index (κ1) is 19.2. The number of aromatic nitrogens is 2. The van der Waals surface area contributed by atoms with Gasteiger partial charge in [-0.3, -0.25) is 14.7 Å². The normalized spacial score (nSPS) is 14.9. The molecule has 146 valence electrons. The Balaban J connectivity index is 1.75. The van der Waals surface area contributed by atoms with Crippen LogP contribution in [0.4, 0.5) is 5.13 Å². The molecule has 0 saturated heterocycles. The van der Waals surface area contributed by atoms with Gasteiger partial charge >= 0.3 is 0 Å². The Morgan fingerprint density at radius 1 is 1.29 bits per heavy atom. The van der Waals surface area contributed by atoms with Crippen molar-refractivity contribution in [3.05, 3.63) is 47.2 Å². The van der Waals surface area contributed by atoms with Gasteiger partial charge in [-0.25, -0.2) is 4.98 Å². The number of anilines is 1. The highest BCUT2D eigenvalue weighted by atomic mass is 35.5. The lowest BCUT2D eigenvalue weighted by Crippen LogP contribution is -2.36. The van der Waals surface area contributed by atoms with Crippen molar-refractivity contribution >= 4 is 44.2 Å². The van der Waals surface area contributed by atoms with Crippen LogP contribution in [0.25, 0.3) is 10.2 Å². The molecule has 4 rings (SSSR count). The summed E-state index contributed by atoms with van der Waals surface area (Å²) in [6.07, 6.45) is 8.84. The van der Waals surface area contributed by atoms with Gasteiger partial charge in [-0.15, -0.1) is 0 Å². The van der Waals surface area contributed by atoms with E-state index < -0.39 is 0 Å². The summed E-state index contributed by atoms with van der Waals surface area (Å²) < 4.78 is 6.28. The van der Waals surface area contributed by atoms with E-state index in [9.17, 15) is 4.79 Å². The van der Waals surface area contributed by atoms with Crippen molar-refractivity contribution in [2.45, 2.75) is 38.6 Å². The second kappa shape index (κ2) is 8.45. The highest BCUT2D eigenvalue weighted by Crippen LogP contribution is 2.40. The topological polar surface area (TPSA) is 55.3 Å². The number of methoxy groups -OCH3 is 1. The molecule has 0 aliphatic heterocycles. The van der Waals surface area contributed by atoms with Crippen LogP contribution in [0, 0.1) is 5.92 Å². The molecule has 0 spiro atoms. The van der Waals surface area contributed by atoms with Gasteiger partial charge in [-0.2, -0.15) is 0 Å². The zero-order chi connectivity index (χ0) is 19.5. The maximum absolute atomic E-state index is 13.4. The fourth-order valence-corrected chi connectivity index (χ4v) is 4.97. The summed E-state index contributed by atoms with van der Waals surface area (Å²) in [5.41, 5.74) is 1.67. The number of amides is 1. The number of ether oxygens (including phenoxy) is 1. The number of rotatable bonds is 5. The van der Waals surface area contributed by atoms with Crippen LogP contribution in [0.2, 0.25) is 5.02 Å². The van der Waals surface area contributed by atoms with Crippen LogP contribution in [0.5, 0.6) is 5.75 Å². The lowest BCUT2D eigenvalue weighted by atomic mass is 9.88. The summed E-state index contributed by atoms with van der Waals surface area (Å²) in [5, 5.41) is 1.27. The van der Waals surface area contributed by atoms with Crippen molar-refractivity contribution in [3.8, 4) is 5.75 Å². The Labute approximate surface area is 173 Å². The molecule has 0 N–H and O–H groups in total. The summed E-state index contributed by atoms with van der Waals surface area (Å²) in [5.74, 6) is 0.848. The first-order valence-corrected chi connectivity index (χ1v) is 10.7. The zero-order valence-corrected chi connectivity index (χ0v) is 17.3. The monoisotopic (exact) mass is 415 g/mol. The molecule has 28 heavy (non-hydrogen) atoms. The number of carbonyl (C=O) groups is 1. The minimum atomic E-state index is 0.0507. The van der Waals surface area contributed by atoms with E-state index in [2.05, 4.69) is 4.98 Å². The molecular weight excluding hydrogens is 394 g/mol. The van der Waals surface area contributed by atoms with E-state index >= 15 is 0 Å². The number of hydrogen-bond donors (Lipinski definition) is 0. The van der Waals surface area contributed by atoms with Crippen LogP contribution >= 0.6 is 22.9 Å². The molecule has 1 amide bonds. The highest BCUT2D eigenvalue weighted by Gasteiger charge is 2.29. The predicted molar refractivity (Wildman–Crippen MR) is 113 cm³/mol. The van der Waals surface area contributed by atoms with Gasteiger partial charge in [0.25, 0.3) is 0 Å². The van der Waals surface area contributed by atoms with Gasteiger partial charge in [-0.05, 0) is 36.6 Å². The lowest BCUT2D eigenvalue weighted by Gasteiger charge is -2.27. The number of carbonyl (C=O) groups excluding carboxylic acids is 1. The number of hydrogen-bond acceptors (Lipinski definition) is 5. The molecule has 2 aromatic heterocycles. The Morgan fingerprint density at radius 2 is 2.11 bits per heavy atom. The van der Waals surface area contributed by atoms with Gasteiger partial charge in [0.2, 0.25) is 5.91 Å². The van der Waals surface area contributed by atoms with Crippen LogP contribution in [-0.2, 0) is 11.3 Å². The molecule has 2 heterocycles. The van der Waals surface area contributed by atoms with Crippen molar-refractivity contribution in [2.24, 2.45) is 5.92 Å². The van der Waals surface area contributed by atoms with Crippen molar-refractivity contribution in [1.29, 1.82) is 0 Å². The van der Waals surface area contributed by atoms with Crippen LogP contribution in [-0.4, -0.2) is 23.0 Å². The second-order valence-electron chi connectivity index (χ2n) is 7.04. The SMILES string of the molecule is COc1ccc(Cl)c2sc(N(Cc3cccnc3)C(=O)C3CCCCC3)nc12. The summed E-state index contributed by atoms with van der Waals surface area (Å²) >= 11 is 7.83. The minimum absolute atomic E-state index is 0.0507. The Kier molecular flexibility index (Phi) is 5.78. The average molecular weight is 416 g/mol. The number of nitrogens with zero attached hydrogens (tertiary/aromatic N) is 3. The number of benzene rings is 1. The molecule has 1 fully saturated rings. The van der Waals surface area contributed by atoms with Gasteiger partial charge in [0.15, 0.2) is 5.13 Å². The molecule has 1 aromatic carbocycles. The Morgan fingerprint density at radius 3 is 2.82 bits per heavy atom. The summed E-state index contributed by atoms with van der Waals surface area (Å²) in [4.78, 5) is 24.2. The molecule has 3 aromatic rings. The van der Waals surface area contributed by atoms with Gasteiger partial charge in [0.05, 0.1) is 23.4 Å². The molecule has 1 aliphatic rings. The standard InChI is InChI=1S/C21H22ClN3O2S/c1-27-17-10-9-16(22)19-18(17)24-21(28-19)25(13-14-6-5-11-23-12-14)20(26)15-7-3-2-4-8-15/h5-6,9-12,15H,2-4,7-8,13H2,1H3. The van der Waals surface area contributed by atoms with Crippen molar-refractivity contribution in [1.82, 2.24) is 9.97 Å². The van der Waals surface area contributed by atoms with E-state index in [1.54, 1.807) is 30.5 Å². The molecule has 1 aliphatic carbocycles. The van der Waals surface area contributed by atoms with Gasteiger partial charge < -0.3 is 4.74 Å². The predicted octanol–water partition coefficient (Wildman–Crippen LogP) is 5.47. The second-order valence-corrected chi connectivity index (χ2v) is 8.43. The third kappa shape index (κ3) is 3.84. The van der Waals surface area contributed by atoms with E-state index in [1.807, 2.05) is 18.2 Å². The summed E-state index contributed by atoms with van der Waals surface area (Å²) in [7, 11) is 1.61. The lowest BCUT2D eigenvalue weighted by molar-refractivity contribution is -0.123. The first-order chi connectivity index (χ1) is 13.7. The van der Waals surface area contributed by atoms with E-state index in [-0.39, 0.29) is 11.8 Å². The number of thiazole rings is 1. The largest absolute Gasteiger partial charge is 0.494 e. The maximum atomic E-state index is 13.4. The summed E-state index contributed by atoms with van der Waals surface area (Å²) in [6.45, 7) is 0.447. The molecular formula is C21H22ClN3O2S. The number of fused-ring (bicyclic) bond motifs is 1. The van der Waals surface area contributed by atoms with E-state index in [4.69, 9.17) is 21.3 Å². The number of halogens is 1. The molecule has 1 saturated carbocycles. The van der Waals surface area contributed by atoms with Crippen LogP contribution in [0.15, 0.2) is 36.7 Å². The molecule has 7 heteroatoms. The van der Waals surface area contributed by atoms with Crippen LogP contribution < -0.4 is 9.64 Å². The average Bonchev–Trinajstić information content (AvgIpc) is 3.19. The molecule has 0 unspecified atom stereocenters. The quantitative estimate of drug-likeness (QED) is 0.554. The summed E-state index contributed by atoms with van der Waals surface area (Å²) in [6, 6.07) is 7.48. The molecule has 0 atom stereocenters. The van der Waals surface area contributed by atoms with E-state index in [0.29, 0.717) is 28.0 Å². The smallest absolute Gasteiger partial charge is 0.232 e. The fraction of sp³-hybridized carbons (Fsp3) is 0.381. The third-order valence-corrected chi connectivity index (χ3v) is 6.72. The fourth-order valence-electron chi connectivity index (χ4n) is 3.71. The van der Waals surface area contributed by atoms with Gasteiger partial charge in [-0.1, -0.05) is 48.3 Å². The first-order valence-electron chi connectivity index (χ1n) is 9.50. The third-order valence-electron chi connectivity index (χ3n) is 5.18. The molecule has 5 nitrogen and oxygen atoms in total. The molecule has 0 radical (unpaired) electrons. The van der Waals surface area contributed by atoms with Crippen molar-refractivity contribution in [3.63, 3.8) is 0 Å². The van der Waals surface area contributed by atoms with E-state index in [0.717, 1.165) is 35.9 Å². The van der Waals surface area contributed by atoms with Crippen molar-refractivity contribution < 1.29 is 9.53 Å². The van der Waals surface area contributed by atoms with Gasteiger partial charge in [0, 0.05) is 18.3 Å².